The lowest BCUT2D eigenvalue weighted by Gasteiger charge is -2.42. The predicted octanol–water partition coefficient (Wildman–Crippen LogP) is 3.42. The molecule has 1 fully saturated rings. The van der Waals surface area contributed by atoms with Gasteiger partial charge in [-0.2, -0.15) is 0 Å². The van der Waals surface area contributed by atoms with Gasteiger partial charge < -0.3 is 15.8 Å². The molecule has 1 aromatic rings. The fourth-order valence-electron chi connectivity index (χ4n) is 2.66. The number of hydrogen-bond acceptors (Lipinski definition) is 3. The number of nitrogens with one attached hydrogen (secondary N) is 1. The normalized spacial score (nSPS) is 26.8. The van der Waals surface area contributed by atoms with Crippen LogP contribution in [0.25, 0.3) is 0 Å². The molecule has 0 saturated carbocycles. The largest absolute Gasteiger partial charge is 0.378 e. The SMILES string of the molecule is CC(C)C1CC(CN)(Nc2cc(F)cc(Cl)c2)CCO1. The van der Waals surface area contributed by atoms with Crippen LogP contribution in [0, 0.1) is 11.7 Å². The molecule has 1 aliphatic heterocycles. The van der Waals surface area contributed by atoms with Crippen LogP contribution < -0.4 is 11.1 Å². The number of rotatable bonds is 4. The predicted molar refractivity (Wildman–Crippen MR) is 80.6 cm³/mol. The second kappa shape index (κ2) is 6.29. The summed E-state index contributed by atoms with van der Waals surface area (Å²) < 4.78 is 19.2. The van der Waals surface area contributed by atoms with Crippen LogP contribution in [0.2, 0.25) is 5.02 Å². The van der Waals surface area contributed by atoms with Crippen LogP contribution in [0.1, 0.15) is 26.7 Å². The second-order valence-corrected chi connectivity index (χ2v) is 6.31. The monoisotopic (exact) mass is 300 g/mol. The molecule has 0 aliphatic carbocycles. The minimum Gasteiger partial charge on any atom is -0.378 e. The van der Waals surface area contributed by atoms with E-state index in [4.69, 9.17) is 22.1 Å². The van der Waals surface area contributed by atoms with Gasteiger partial charge in [0.1, 0.15) is 5.82 Å². The molecule has 1 saturated heterocycles. The molecule has 5 heteroatoms. The third-order valence-electron chi connectivity index (χ3n) is 3.91. The molecule has 0 amide bonds. The summed E-state index contributed by atoms with van der Waals surface area (Å²) in [5, 5.41) is 3.76. The van der Waals surface area contributed by atoms with Crippen LogP contribution >= 0.6 is 11.6 Å². The zero-order valence-electron chi connectivity index (χ0n) is 12.0. The van der Waals surface area contributed by atoms with E-state index >= 15 is 0 Å². The van der Waals surface area contributed by atoms with Crippen LogP contribution in [0.5, 0.6) is 0 Å². The van der Waals surface area contributed by atoms with Gasteiger partial charge in [0, 0.05) is 23.9 Å². The molecular formula is C15H22ClFN2O. The average molecular weight is 301 g/mol. The van der Waals surface area contributed by atoms with Crippen molar-refractivity contribution >= 4 is 17.3 Å². The lowest BCUT2D eigenvalue weighted by Crippen LogP contribution is -2.53. The van der Waals surface area contributed by atoms with E-state index in [0.29, 0.717) is 29.8 Å². The van der Waals surface area contributed by atoms with Crippen molar-refractivity contribution in [2.24, 2.45) is 11.7 Å². The molecule has 2 atom stereocenters. The summed E-state index contributed by atoms with van der Waals surface area (Å²) in [5.41, 5.74) is 6.39. The lowest BCUT2D eigenvalue weighted by atomic mass is 9.83. The molecule has 3 N–H and O–H groups in total. The Morgan fingerprint density at radius 3 is 2.85 bits per heavy atom. The van der Waals surface area contributed by atoms with Crippen molar-refractivity contribution in [2.45, 2.75) is 38.3 Å². The number of anilines is 1. The summed E-state index contributed by atoms with van der Waals surface area (Å²) in [5.74, 6) is 0.0822. The van der Waals surface area contributed by atoms with Gasteiger partial charge in [0.15, 0.2) is 0 Å². The summed E-state index contributed by atoms with van der Waals surface area (Å²) in [4.78, 5) is 0. The van der Waals surface area contributed by atoms with Crippen molar-refractivity contribution in [1.82, 2.24) is 0 Å². The van der Waals surface area contributed by atoms with Gasteiger partial charge >= 0.3 is 0 Å². The standard InChI is InChI=1S/C15H22ClFN2O/c1-10(2)14-8-15(9-18,3-4-20-14)19-13-6-11(16)5-12(17)7-13/h5-7,10,14,19H,3-4,8-9,18H2,1-2H3. The molecule has 2 unspecified atom stereocenters. The zero-order chi connectivity index (χ0) is 14.8. The molecule has 0 spiro atoms. The Balaban J connectivity index is 2.18. The van der Waals surface area contributed by atoms with Crippen molar-refractivity contribution in [1.29, 1.82) is 0 Å². The van der Waals surface area contributed by atoms with Gasteiger partial charge in [-0.05, 0) is 37.0 Å². The first-order valence-electron chi connectivity index (χ1n) is 7.00. The fraction of sp³-hybridized carbons (Fsp3) is 0.600. The van der Waals surface area contributed by atoms with Crippen molar-refractivity contribution in [3.05, 3.63) is 29.0 Å². The van der Waals surface area contributed by atoms with Gasteiger partial charge in [-0.3, -0.25) is 0 Å². The van der Waals surface area contributed by atoms with Gasteiger partial charge in [0.25, 0.3) is 0 Å². The summed E-state index contributed by atoms with van der Waals surface area (Å²) in [6, 6.07) is 4.47. The summed E-state index contributed by atoms with van der Waals surface area (Å²) in [7, 11) is 0. The van der Waals surface area contributed by atoms with Gasteiger partial charge in [0.05, 0.1) is 11.6 Å². The highest BCUT2D eigenvalue weighted by Gasteiger charge is 2.37. The third-order valence-corrected chi connectivity index (χ3v) is 4.13. The first-order chi connectivity index (χ1) is 9.44. The highest BCUT2D eigenvalue weighted by molar-refractivity contribution is 6.30. The third kappa shape index (κ3) is 3.62. The number of halogens is 2. The van der Waals surface area contributed by atoms with E-state index in [0.717, 1.165) is 12.8 Å². The maximum absolute atomic E-state index is 13.4. The van der Waals surface area contributed by atoms with E-state index in [-0.39, 0.29) is 17.5 Å². The Hall–Kier alpha value is -0.840. The van der Waals surface area contributed by atoms with Crippen LogP contribution in [-0.2, 0) is 4.74 Å². The minimum atomic E-state index is -0.348. The molecule has 20 heavy (non-hydrogen) atoms. The van der Waals surface area contributed by atoms with Crippen molar-refractivity contribution < 1.29 is 9.13 Å². The fourth-order valence-corrected chi connectivity index (χ4v) is 2.88. The van der Waals surface area contributed by atoms with Crippen molar-refractivity contribution in [2.75, 3.05) is 18.5 Å². The molecule has 0 radical (unpaired) electrons. The quantitative estimate of drug-likeness (QED) is 0.895. The van der Waals surface area contributed by atoms with Crippen LogP contribution in [-0.4, -0.2) is 24.8 Å². The molecule has 0 bridgehead atoms. The topological polar surface area (TPSA) is 47.3 Å². The van der Waals surface area contributed by atoms with Crippen LogP contribution in [0.4, 0.5) is 10.1 Å². The van der Waals surface area contributed by atoms with Crippen LogP contribution in [0.15, 0.2) is 18.2 Å². The molecule has 1 aromatic carbocycles. The van der Waals surface area contributed by atoms with Crippen LogP contribution in [0.3, 0.4) is 0 Å². The zero-order valence-corrected chi connectivity index (χ0v) is 12.7. The number of benzene rings is 1. The average Bonchev–Trinajstić information content (AvgIpc) is 2.37. The summed E-state index contributed by atoms with van der Waals surface area (Å²) in [6.07, 6.45) is 1.79. The van der Waals surface area contributed by atoms with E-state index in [2.05, 4.69) is 19.2 Å². The lowest BCUT2D eigenvalue weighted by molar-refractivity contribution is -0.0357. The Bertz CT molecular complexity index is 449. The van der Waals surface area contributed by atoms with Gasteiger partial charge in [-0.1, -0.05) is 25.4 Å². The Morgan fingerprint density at radius 1 is 1.50 bits per heavy atom. The molecule has 1 aliphatic rings. The van der Waals surface area contributed by atoms with Crippen molar-refractivity contribution in [3.8, 4) is 0 Å². The highest BCUT2D eigenvalue weighted by atomic mass is 35.5. The maximum Gasteiger partial charge on any atom is 0.126 e. The Morgan fingerprint density at radius 2 is 2.25 bits per heavy atom. The molecular weight excluding hydrogens is 279 g/mol. The highest BCUT2D eigenvalue weighted by Crippen LogP contribution is 2.32. The smallest absolute Gasteiger partial charge is 0.126 e. The summed E-state index contributed by atoms with van der Waals surface area (Å²) in [6.45, 7) is 5.41. The first-order valence-corrected chi connectivity index (χ1v) is 7.38. The maximum atomic E-state index is 13.4. The van der Waals surface area contributed by atoms with Crippen molar-refractivity contribution in [3.63, 3.8) is 0 Å². The first kappa shape index (κ1) is 15.5. The van der Waals surface area contributed by atoms with Gasteiger partial charge in [-0.15, -0.1) is 0 Å². The number of nitrogens with two attached hydrogens (primary N) is 1. The van der Waals surface area contributed by atoms with Gasteiger partial charge in [-0.25, -0.2) is 4.39 Å². The molecule has 3 nitrogen and oxygen atoms in total. The van der Waals surface area contributed by atoms with E-state index in [1.165, 1.54) is 12.1 Å². The Labute approximate surface area is 124 Å². The van der Waals surface area contributed by atoms with Gasteiger partial charge in [0.2, 0.25) is 0 Å². The molecule has 2 rings (SSSR count). The number of ether oxygens (including phenoxy) is 1. The second-order valence-electron chi connectivity index (χ2n) is 5.87. The summed E-state index contributed by atoms with van der Waals surface area (Å²) >= 11 is 5.90. The molecule has 0 aromatic heterocycles. The number of hydrogen-bond donors (Lipinski definition) is 2. The minimum absolute atomic E-state index is 0.170. The van der Waals surface area contributed by atoms with E-state index in [1.54, 1.807) is 6.07 Å². The molecule has 1 heterocycles. The Kier molecular flexibility index (Phi) is 4.89. The van der Waals surface area contributed by atoms with E-state index < -0.39 is 0 Å². The van der Waals surface area contributed by atoms with E-state index in [1.807, 2.05) is 0 Å². The molecule has 112 valence electrons. The van der Waals surface area contributed by atoms with E-state index in [9.17, 15) is 4.39 Å².